The van der Waals surface area contributed by atoms with Crippen LogP contribution in [-0.2, 0) is 11.2 Å². The van der Waals surface area contributed by atoms with Crippen LogP contribution in [0.25, 0.3) is 0 Å². The number of amides is 2. The van der Waals surface area contributed by atoms with E-state index >= 15 is 0 Å². The smallest absolute Gasteiger partial charge is 0.405 e. The van der Waals surface area contributed by atoms with Crippen molar-refractivity contribution in [3.63, 3.8) is 0 Å². The zero-order valence-corrected chi connectivity index (χ0v) is 11.4. The number of para-hydroxylation sites is 1. The fraction of sp³-hybridized carbons (Fsp3) is 0.133. The molecule has 1 aliphatic heterocycles. The highest BCUT2D eigenvalue weighted by atomic mass is 16.5. The Kier molecular flexibility index (Phi) is 3.61. The minimum absolute atomic E-state index is 0.251. The van der Waals surface area contributed by atoms with Gasteiger partial charge in [-0.15, -0.1) is 0 Å². The summed E-state index contributed by atoms with van der Waals surface area (Å²) in [5.74, 6) is 0.638. The molecule has 0 saturated carbocycles. The van der Waals surface area contributed by atoms with Crippen LogP contribution >= 0.6 is 0 Å². The summed E-state index contributed by atoms with van der Waals surface area (Å²) in [6.07, 6.45) is 0.516. The molecular weight excluding hydrogens is 286 g/mol. The van der Waals surface area contributed by atoms with Crippen molar-refractivity contribution in [3.8, 4) is 11.6 Å². The van der Waals surface area contributed by atoms with Crippen molar-refractivity contribution in [3.05, 3.63) is 48.2 Å². The molecule has 7 heteroatoms. The molecule has 1 aliphatic rings. The van der Waals surface area contributed by atoms with Crippen molar-refractivity contribution in [1.29, 1.82) is 0 Å². The first-order valence-electron chi connectivity index (χ1n) is 6.64. The molecule has 0 spiro atoms. The molecule has 0 bridgehead atoms. The quantitative estimate of drug-likeness (QED) is 0.805. The second-order valence-corrected chi connectivity index (χ2v) is 4.79. The summed E-state index contributed by atoms with van der Waals surface area (Å²) in [5.41, 5.74) is 1.33. The van der Waals surface area contributed by atoms with E-state index in [0.29, 0.717) is 17.3 Å². The number of anilines is 1. The molecule has 0 unspecified atom stereocenters. The maximum Gasteiger partial charge on any atom is 0.405 e. The van der Waals surface area contributed by atoms with Crippen LogP contribution in [0.4, 0.5) is 10.5 Å². The Morgan fingerprint density at radius 3 is 2.86 bits per heavy atom. The Bertz CT molecular complexity index is 718. The fourth-order valence-electron chi connectivity index (χ4n) is 2.22. The van der Waals surface area contributed by atoms with Crippen LogP contribution in [0, 0.1) is 0 Å². The molecule has 0 fully saturated rings. The van der Waals surface area contributed by atoms with Gasteiger partial charge in [0.15, 0.2) is 0 Å². The van der Waals surface area contributed by atoms with Gasteiger partial charge in [-0.25, -0.2) is 9.78 Å². The summed E-state index contributed by atoms with van der Waals surface area (Å²) < 4.78 is 5.63. The lowest BCUT2D eigenvalue weighted by atomic mass is 10.0. The Balaban J connectivity index is 1.81. The van der Waals surface area contributed by atoms with E-state index in [1.54, 1.807) is 18.2 Å². The third-order valence-corrected chi connectivity index (χ3v) is 3.23. The van der Waals surface area contributed by atoms with Gasteiger partial charge >= 0.3 is 6.09 Å². The second-order valence-electron chi connectivity index (χ2n) is 4.79. The van der Waals surface area contributed by atoms with E-state index in [1.165, 1.54) is 6.20 Å². The van der Waals surface area contributed by atoms with Crippen LogP contribution < -0.4 is 15.4 Å². The number of pyridine rings is 1. The lowest BCUT2D eigenvalue weighted by Crippen LogP contribution is -2.47. The van der Waals surface area contributed by atoms with Crippen LogP contribution in [-0.4, -0.2) is 28.1 Å². The summed E-state index contributed by atoms with van der Waals surface area (Å²) in [4.78, 5) is 26.6. The maximum absolute atomic E-state index is 11.8. The monoisotopic (exact) mass is 299 g/mol. The lowest BCUT2D eigenvalue weighted by Gasteiger charge is -2.24. The molecule has 0 saturated heterocycles. The van der Waals surface area contributed by atoms with Crippen LogP contribution in [0.1, 0.15) is 5.56 Å². The molecule has 3 rings (SSSR count). The Morgan fingerprint density at radius 2 is 2.14 bits per heavy atom. The van der Waals surface area contributed by atoms with Gasteiger partial charge in [0, 0.05) is 12.5 Å². The maximum atomic E-state index is 11.8. The number of nitrogens with zero attached hydrogens (tertiary/aromatic N) is 1. The first-order chi connectivity index (χ1) is 10.6. The fourth-order valence-corrected chi connectivity index (χ4v) is 2.22. The van der Waals surface area contributed by atoms with Gasteiger partial charge in [-0.2, -0.15) is 0 Å². The first-order valence-corrected chi connectivity index (χ1v) is 6.64. The highest BCUT2D eigenvalue weighted by molar-refractivity contribution is 5.99. The first kappa shape index (κ1) is 13.9. The number of carbonyl (C=O) groups excluding carboxylic acids is 1. The zero-order chi connectivity index (χ0) is 15.5. The molecule has 2 heterocycles. The molecule has 112 valence electrons. The predicted octanol–water partition coefficient (Wildman–Crippen LogP) is 2.00. The number of benzene rings is 1. The minimum atomic E-state index is -1.24. The summed E-state index contributed by atoms with van der Waals surface area (Å²) in [6.45, 7) is 0. The topological polar surface area (TPSA) is 101 Å². The van der Waals surface area contributed by atoms with Gasteiger partial charge in [0.1, 0.15) is 11.8 Å². The normalized spacial score (nSPS) is 16.4. The zero-order valence-electron chi connectivity index (χ0n) is 11.4. The molecular formula is C15H13N3O4. The molecule has 7 nitrogen and oxygen atoms in total. The van der Waals surface area contributed by atoms with Gasteiger partial charge in [-0.05, 0) is 17.7 Å². The number of fused-ring (bicyclic) bond motifs is 1. The van der Waals surface area contributed by atoms with Crippen LogP contribution in [0.5, 0.6) is 11.6 Å². The Morgan fingerprint density at radius 1 is 1.36 bits per heavy atom. The van der Waals surface area contributed by atoms with Gasteiger partial charge < -0.3 is 20.5 Å². The predicted molar refractivity (Wildman–Crippen MR) is 78.0 cm³/mol. The molecule has 22 heavy (non-hydrogen) atoms. The second kappa shape index (κ2) is 5.72. The number of carboxylic acid groups (broad SMARTS) is 1. The standard InChI is InChI=1S/C15H13N3O4/c19-14-11(18-15(20)21)6-9-7-13(16-8-12(9)17-14)22-10-4-2-1-3-5-10/h1-5,7-8,11,18H,6H2,(H,17,19)(H,20,21)/t11-/m0/s1. The van der Waals surface area contributed by atoms with Crippen molar-refractivity contribution in [2.24, 2.45) is 0 Å². The number of ether oxygens (including phenoxy) is 1. The van der Waals surface area contributed by atoms with E-state index in [2.05, 4.69) is 15.6 Å². The van der Waals surface area contributed by atoms with Gasteiger partial charge in [0.25, 0.3) is 0 Å². The van der Waals surface area contributed by atoms with Crippen LogP contribution in [0.2, 0.25) is 0 Å². The van der Waals surface area contributed by atoms with Crippen LogP contribution in [0.15, 0.2) is 42.6 Å². The molecule has 3 N–H and O–H groups in total. The number of carbonyl (C=O) groups is 2. The number of aromatic nitrogens is 1. The molecule has 2 amide bonds. The lowest BCUT2D eigenvalue weighted by molar-refractivity contribution is -0.118. The van der Waals surface area contributed by atoms with E-state index < -0.39 is 18.0 Å². The Labute approximate surface area is 125 Å². The number of rotatable bonds is 3. The molecule has 0 aliphatic carbocycles. The van der Waals surface area contributed by atoms with Gasteiger partial charge in [-0.3, -0.25) is 4.79 Å². The molecule has 0 radical (unpaired) electrons. The third kappa shape index (κ3) is 2.98. The van der Waals surface area contributed by atoms with E-state index in [0.717, 1.165) is 5.56 Å². The summed E-state index contributed by atoms with van der Waals surface area (Å²) in [7, 11) is 0. The Hall–Kier alpha value is -3.09. The summed E-state index contributed by atoms with van der Waals surface area (Å²) >= 11 is 0. The third-order valence-electron chi connectivity index (χ3n) is 3.23. The number of hydrogen-bond acceptors (Lipinski definition) is 4. The van der Waals surface area contributed by atoms with Crippen LogP contribution in [0.3, 0.4) is 0 Å². The molecule has 1 atom stereocenters. The van der Waals surface area contributed by atoms with E-state index in [4.69, 9.17) is 9.84 Å². The molecule has 2 aromatic rings. The van der Waals surface area contributed by atoms with Gasteiger partial charge in [0.2, 0.25) is 11.8 Å². The number of hydrogen-bond donors (Lipinski definition) is 3. The van der Waals surface area contributed by atoms with Gasteiger partial charge in [0.05, 0.1) is 11.9 Å². The van der Waals surface area contributed by atoms with Crippen molar-refractivity contribution in [2.75, 3.05) is 5.32 Å². The summed E-state index contributed by atoms with van der Waals surface area (Å²) in [5, 5.41) is 13.6. The van der Waals surface area contributed by atoms with Gasteiger partial charge in [-0.1, -0.05) is 18.2 Å². The van der Waals surface area contributed by atoms with Crippen molar-refractivity contribution < 1.29 is 19.4 Å². The average molecular weight is 299 g/mol. The largest absolute Gasteiger partial charge is 0.465 e. The highest BCUT2D eigenvalue weighted by Gasteiger charge is 2.28. The highest BCUT2D eigenvalue weighted by Crippen LogP contribution is 2.27. The minimum Gasteiger partial charge on any atom is -0.465 e. The van der Waals surface area contributed by atoms with E-state index in [1.807, 2.05) is 18.2 Å². The molecule has 1 aromatic heterocycles. The van der Waals surface area contributed by atoms with Crippen molar-refractivity contribution in [1.82, 2.24) is 10.3 Å². The summed E-state index contributed by atoms with van der Waals surface area (Å²) in [6, 6.07) is 10.1. The van der Waals surface area contributed by atoms with E-state index in [9.17, 15) is 9.59 Å². The van der Waals surface area contributed by atoms with Crippen molar-refractivity contribution in [2.45, 2.75) is 12.5 Å². The number of nitrogens with one attached hydrogen (secondary N) is 2. The average Bonchev–Trinajstić information content (AvgIpc) is 2.49. The molecule has 1 aromatic carbocycles. The SMILES string of the molecule is O=C(O)N[C@H]1Cc2cc(Oc3ccccc3)ncc2NC1=O. The van der Waals surface area contributed by atoms with E-state index in [-0.39, 0.29) is 6.42 Å². The van der Waals surface area contributed by atoms with Crippen molar-refractivity contribution >= 4 is 17.7 Å².